The van der Waals surface area contributed by atoms with Crippen LogP contribution in [0.4, 0.5) is 5.82 Å². The Labute approximate surface area is 112 Å². The number of alkyl halides is 1. The van der Waals surface area contributed by atoms with Crippen molar-refractivity contribution in [1.29, 1.82) is 0 Å². The van der Waals surface area contributed by atoms with E-state index in [4.69, 9.17) is 11.6 Å². The maximum atomic E-state index is 6.30. The zero-order chi connectivity index (χ0) is 12.4. The highest BCUT2D eigenvalue weighted by Gasteiger charge is 2.24. The van der Waals surface area contributed by atoms with Crippen LogP contribution in [0.15, 0.2) is 36.5 Å². The third-order valence-corrected chi connectivity index (χ3v) is 4.35. The topological polar surface area (TPSA) is 24.9 Å². The summed E-state index contributed by atoms with van der Waals surface area (Å²) in [6.07, 6.45) is 5.49. The van der Waals surface area contributed by atoms with E-state index in [0.29, 0.717) is 11.3 Å². The second-order valence-electron chi connectivity index (χ2n) is 4.97. The highest BCUT2D eigenvalue weighted by molar-refractivity contribution is 6.21. The molecular formula is C15H17ClN2. The predicted molar refractivity (Wildman–Crippen MR) is 77.2 cm³/mol. The van der Waals surface area contributed by atoms with Crippen LogP contribution in [0.1, 0.15) is 19.3 Å². The third-order valence-electron chi connectivity index (χ3n) is 3.77. The summed E-state index contributed by atoms with van der Waals surface area (Å²) in [5.41, 5.74) is 0. The standard InChI is InChI=1S/C15H17ClN2/c16-14-7-3-5-12(14)10-18-15-13-6-2-1-4-11(13)8-9-17-15/h1-2,4,6,8-9,12,14H,3,5,7,10H2,(H,17,18). The van der Waals surface area contributed by atoms with Crippen LogP contribution in [-0.2, 0) is 0 Å². The zero-order valence-corrected chi connectivity index (χ0v) is 11.0. The van der Waals surface area contributed by atoms with Gasteiger partial charge in [-0.15, -0.1) is 11.6 Å². The minimum atomic E-state index is 0.326. The Morgan fingerprint density at radius 3 is 2.94 bits per heavy atom. The number of aromatic nitrogens is 1. The summed E-state index contributed by atoms with van der Waals surface area (Å²) in [5.74, 6) is 1.55. The minimum absolute atomic E-state index is 0.326. The molecule has 3 rings (SSSR count). The highest BCUT2D eigenvalue weighted by Crippen LogP contribution is 2.30. The normalized spacial score (nSPS) is 23.4. The first-order valence-corrected chi connectivity index (χ1v) is 7.00. The van der Waals surface area contributed by atoms with E-state index in [2.05, 4.69) is 34.6 Å². The van der Waals surface area contributed by atoms with Gasteiger partial charge in [0.05, 0.1) is 0 Å². The van der Waals surface area contributed by atoms with Gasteiger partial charge in [0.1, 0.15) is 5.82 Å². The molecule has 0 amide bonds. The molecule has 1 saturated carbocycles. The molecule has 0 radical (unpaired) electrons. The number of pyridine rings is 1. The summed E-state index contributed by atoms with van der Waals surface area (Å²) >= 11 is 6.30. The van der Waals surface area contributed by atoms with Crippen molar-refractivity contribution in [2.24, 2.45) is 5.92 Å². The quantitative estimate of drug-likeness (QED) is 0.842. The predicted octanol–water partition coefficient (Wildman–Crippen LogP) is 4.05. The van der Waals surface area contributed by atoms with Gasteiger partial charge in [-0.1, -0.05) is 30.7 Å². The Bertz CT molecular complexity index is 536. The van der Waals surface area contributed by atoms with Crippen molar-refractivity contribution >= 4 is 28.2 Å². The number of anilines is 1. The van der Waals surface area contributed by atoms with Crippen molar-refractivity contribution in [1.82, 2.24) is 4.98 Å². The van der Waals surface area contributed by atoms with Crippen LogP contribution in [-0.4, -0.2) is 16.9 Å². The second-order valence-corrected chi connectivity index (χ2v) is 5.53. The number of benzene rings is 1. The molecule has 2 atom stereocenters. The van der Waals surface area contributed by atoms with E-state index in [1.807, 2.05) is 12.3 Å². The number of rotatable bonds is 3. The molecule has 0 aliphatic heterocycles. The summed E-state index contributed by atoms with van der Waals surface area (Å²) in [6, 6.07) is 10.4. The lowest BCUT2D eigenvalue weighted by atomic mass is 10.1. The summed E-state index contributed by atoms with van der Waals surface area (Å²) in [4.78, 5) is 4.44. The van der Waals surface area contributed by atoms with Gasteiger partial charge in [0.2, 0.25) is 0 Å². The number of hydrogen-bond donors (Lipinski definition) is 1. The lowest BCUT2D eigenvalue weighted by molar-refractivity contribution is 0.585. The van der Waals surface area contributed by atoms with Gasteiger partial charge in [-0.3, -0.25) is 0 Å². The van der Waals surface area contributed by atoms with Gasteiger partial charge in [0.15, 0.2) is 0 Å². The summed E-state index contributed by atoms with van der Waals surface area (Å²) in [6.45, 7) is 0.926. The second kappa shape index (κ2) is 5.15. The molecule has 0 spiro atoms. The fourth-order valence-electron chi connectivity index (χ4n) is 2.71. The summed E-state index contributed by atoms with van der Waals surface area (Å²) in [7, 11) is 0. The SMILES string of the molecule is ClC1CCCC1CNc1nccc2ccccc12. The van der Waals surface area contributed by atoms with E-state index in [9.17, 15) is 0 Å². The molecule has 1 aromatic carbocycles. The van der Waals surface area contributed by atoms with E-state index in [0.717, 1.165) is 18.8 Å². The lowest BCUT2D eigenvalue weighted by Crippen LogP contribution is -2.18. The Balaban J connectivity index is 1.78. The molecule has 2 unspecified atom stereocenters. The molecule has 18 heavy (non-hydrogen) atoms. The van der Waals surface area contributed by atoms with E-state index >= 15 is 0 Å². The molecule has 1 aromatic heterocycles. The first-order chi connectivity index (χ1) is 8.84. The molecule has 2 aromatic rings. The van der Waals surface area contributed by atoms with Crippen LogP contribution in [0, 0.1) is 5.92 Å². The van der Waals surface area contributed by atoms with E-state index in [1.165, 1.54) is 23.6 Å². The zero-order valence-electron chi connectivity index (χ0n) is 10.3. The van der Waals surface area contributed by atoms with Crippen molar-refractivity contribution < 1.29 is 0 Å². The van der Waals surface area contributed by atoms with Gasteiger partial charge in [0, 0.05) is 23.5 Å². The Hall–Kier alpha value is -1.28. The van der Waals surface area contributed by atoms with Crippen LogP contribution in [0.2, 0.25) is 0 Å². The van der Waals surface area contributed by atoms with Gasteiger partial charge in [-0.25, -0.2) is 4.98 Å². The van der Waals surface area contributed by atoms with Crippen LogP contribution >= 0.6 is 11.6 Å². The average molecular weight is 261 g/mol. The largest absolute Gasteiger partial charge is 0.369 e. The van der Waals surface area contributed by atoms with Gasteiger partial charge >= 0.3 is 0 Å². The minimum Gasteiger partial charge on any atom is -0.369 e. The molecule has 1 N–H and O–H groups in total. The number of hydrogen-bond acceptors (Lipinski definition) is 2. The number of halogens is 1. The van der Waals surface area contributed by atoms with Crippen LogP contribution in [0.25, 0.3) is 10.8 Å². The third kappa shape index (κ3) is 2.30. The molecule has 1 aliphatic rings. The fraction of sp³-hybridized carbons (Fsp3) is 0.400. The van der Waals surface area contributed by atoms with E-state index in [1.54, 1.807) is 0 Å². The first-order valence-electron chi connectivity index (χ1n) is 6.56. The Kier molecular flexibility index (Phi) is 3.37. The average Bonchev–Trinajstić information content (AvgIpc) is 2.82. The molecule has 1 fully saturated rings. The molecular weight excluding hydrogens is 244 g/mol. The van der Waals surface area contributed by atoms with Crippen LogP contribution in [0.3, 0.4) is 0 Å². The number of nitrogens with zero attached hydrogens (tertiary/aromatic N) is 1. The highest BCUT2D eigenvalue weighted by atomic mass is 35.5. The van der Waals surface area contributed by atoms with Gasteiger partial charge in [-0.05, 0) is 30.2 Å². The Morgan fingerprint density at radius 2 is 2.11 bits per heavy atom. The molecule has 2 nitrogen and oxygen atoms in total. The van der Waals surface area contributed by atoms with Crippen molar-refractivity contribution in [3.05, 3.63) is 36.5 Å². The van der Waals surface area contributed by atoms with Crippen molar-refractivity contribution in [2.45, 2.75) is 24.6 Å². The van der Waals surface area contributed by atoms with Crippen molar-refractivity contribution in [3.63, 3.8) is 0 Å². The van der Waals surface area contributed by atoms with Gasteiger partial charge in [-0.2, -0.15) is 0 Å². The first kappa shape index (κ1) is 11.8. The molecule has 3 heteroatoms. The van der Waals surface area contributed by atoms with Crippen LogP contribution < -0.4 is 5.32 Å². The van der Waals surface area contributed by atoms with E-state index in [-0.39, 0.29) is 0 Å². The fourth-order valence-corrected chi connectivity index (χ4v) is 3.08. The van der Waals surface area contributed by atoms with Gasteiger partial charge < -0.3 is 5.32 Å². The van der Waals surface area contributed by atoms with Crippen molar-refractivity contribution in [3.8, 4) is 0 Å². The number of fused-ring (bicyclic) bond motifs is 1. The van der Waals surface area contributed by atoms with Gasteiger partial charge in [0.25, 0.3) is 0 Å². The smallest absolute Gasteiger partial charge is 0.133 e. The molecule has 94 valence electrons. The maximum absolute atomic E-state index is 6.30. The van der Waals surface area contributed by atoms with Crippen molar-refractivity contribution in [2.75, 3.05) is 11.9 Å². The summed E-state index contributed by atoms with van der Waals surface area (Å²) in [5, 5.41) is 6.20. The lowest BCUT2D eigenvalue weighted by Gasteiger charge is -2.15. The summed E-state index contributed by atoms with van der Waals surface area (Å²) < 4.78 is 0. The molecule has 1 aliphatic carbocycles. The molecule has 0 bridgehead atoms. The number of nitrogens with one attached hydrogen (secondary N) is 1. The Morgan fingerprint density at radius 1 is 1.22 bits per heavy atom. The maximum Gasteiger partial charge on any atom is 0.133 e. The molecule has 0 saturated heterocycles. The molecule has 1 heterocycles. The van der Waals surface area contributed by atoms with Crippen LogP contribution in [0.5, 0.6) is 0 Å². The van der Waals surface area contributed by atoms with E-state index < -0.39 is 0 Å². The monoisotopic (exact) mass is 260 g/mol.